The summed E-state index contributed by atoms with van der Waals surface area (Å²) in [6, 6.07) is 0. The maximum atomic E-state index is 10.3. The first kappa shape index (κ1) is 11.7. The van der Waals surface area contributed by atoms with Crippen LogP contribution in [0.4, 0.5) is 0 Å². The highest BCUT2D eigenvalue weighted by Gasteiger charge is 1.96. The van der Waals surface area contributed by atoms with E-state index in [9.17, 15) is 4.79 Å². The van der Waals surface area contributed by atoms with E-state index < -0.39 is 5.91 Å². The number of amides is 1. The minimum Gasteiger partial charge on any atom is -0.370 e. The summed E-state index contributed by atoms with van der Waals surface area (Å²) in [6.45, 7) is 1.88. The number of nitrogens with one attached hydrogen (secondary N) is 1. The third-order valence-corrected chi connectivity index (χ3v) is 1.75. The molecule has 0 unspecified atom stereocenters. The van der Waals surface area contributed by atoms with Gasteiger partial charge in [0.1, 0.15) is 6.61 Å². The first-order valence-corrected chi connectivity index (χ1v) is 4.73. The van der Waals surface area contributed by atoms with E-state index in [-0.39, 0.29) is 6.61 Å². The Bertz CT molecular complexity index is 311. The van der Waals surface area contributed by atoms with E-state index in [4.69, 9.17) is 10.5 Å². The lowest BCUT2D eigenvalue weighted by atomic mass is 10.3. The molecule has 0 atom stereocenters. The molecule has 1 amide bonds. The highest BCUT2D eigenvalue weighted by atomic mass is 16.5. The van der Waals surface area contributed by atoms with E-state index in [1.165, 1.54) is 0 Å². The molecule has 0 radical (unpaired) electrons. The number of carbonyl (C=O) groups is 1. The van der Waals surface area contributed by atoms with Crippen molar-refractivity contribution in [3.05, 3.63) is 18.0 Å². The molecule has 0 bridgehead atoms. The van der Waals surface area contributed by atoms with E-state index in [0.29, 0.717) is 13.2 Å². The van der Waals surface area contributed by atoms with Crippen molar-refractivity contribution in [3.63, 3.8) is 0 Å². The van der Waals surface area contributed by atoms with Crippen molar-refractivity contribution in [1.82, 2.24) is 15.1 Å². The van der Waals surface area contributed by atoms with Crippen LogP contribution in [0.2, 0.25) is 0 Å². The van der Waals surface area contributed by atoms with E-state index in [1.54, 1.807) is 10.9 Å². The van der Waals surface area contributed by atoms with Crippen LogP contribution in [-0.2, 0) is 23.1 Å². The molecule has 84 valence electrons. The summed E-state index contributed by atoms with van der Waals surface area (Å²) in [7, 11) is 1.87. The molecule has 1 aromatic rings. The lowest BCUT2D eigenvalue weighted by Crippen LogP contribution is -2.23. The molecule has 0 aromatic carbocycles. The summed E-state index contributed by atoms with van der Waals surface area (Å²) in [4.78, 5) is 10.3. The minimum atomic E-state index is -0.442. The van der Waals surface area contributed by atoms with Gasteiger partial charge in [0.05, 0.1) is 12.8 Å². The van der Waals surface area contributed by atoms with Crippen molar-refractivity contribution >= 4 is 5.91 Å². The van der Waals surface area contributed by atoms with Crippen molar-refractivity contribution in [2.75, 3.05) is 19.8 Å². The van der Waals surface area contributed by atoms with Crippen LogP contribution in [-0.4, -0.2) is 35.4 Å². The van der Waals surface area contributed by atoms with Crippen molar-refractivity contribution in [3.8, 4) is 0 Å². The van der Waals surface area contributed by atoms with Crippen LogP contribution >= 0.6 is 0 Å². The number of primary amides is 1. The van der Waals surface area contributed by atoms with Crippen molar-refractivity contribution in [2.45, 2.75) is 6.54 Å². The average Bonchev–Trinajstić information content (AvgIpc) is 2.57. The summed E-state index contributed by atoms with van der Waals surface area (Å²) < 4.78 is 6.73. The molecule has 15 heavy (non-hydrogen) atoms. The molecule has 0 saturated heterocycles. The molecular formula is C9H16N4O2. The van der Waals surface area contributed by atoms with Crippen LogP contribution in [0.25, 0.3) is 0 Å². The predicted octanol–water partition coefficient (Wildman–Crippen LogP) is -0.988. The SMILES string of the molecule is Cn1cc(CNCCOCC(N)=O)cn1. The lowest BCUT2D eigenvalue weighted by molar-refractivity contribution is -0.122. The highest BCUT2D eigenvalue weighted by molar-refractivity contribution is 5.74. The molecule has 1 rings (SSSR count). The van der Waals surface area contributed by atoms with Gasteiger partial charge in [0.15, 0.2) is 0 Å². The average molecular weight is 212 g/mol. The van der Waals surface area contributed by atoms with Gasteiger partial charge in [-0.05, 0) is 0 Å². The normalized spacial score (nSPS) is 10.5. The van der Waals surface area contributed by atoms with Gasteiger partial charge < -0.3 is 15.8 Å². The van der Waals surface area contributed by atoms with Gasteiger partial charge in [-0.3, -0.25) is 9.48 Å². The van der Waals surface area contributed by atoms with E-state index >= 15 is 0 Å². The zero-order chi connectivity index (χ0) is 11.1. The van der Waals surface area contributed by atoms with Gasteiger partial charge >= 0.3 is 0 Å². The molecule has 1 aromatic heterocycles. The van der Waals surface area contributed by atoms with Crippen molar-refractivity contribution in [2.24, 2.45) is 12.8 Å². The maximum Gasteiger partial charge on any atom is 0.243 e. The molecule has 0 aliphatic carbocycles. The molecule has 0 saturated carbocycles. The van der Waals surface area contributed by atoms with Crippen LogP contribution in [0.1, 0.15) is 5.56 Å². The monoisotopic (exact) mass is 212 g/mol. The van der Waals surface area contributed by atoms with Crippen LogP contribution in [0.3, 0.4) is 0 Å². The fraction of sp³-hybridized carbons (Fsp3) is 0.556. The Balaban J connectivity index is 2.00. The van der Waals surface area contributed by atoms with Crippen LogP contribution in [0.5, 0.6) is 0 Å². The lowest BCUT2D eigenvalue weighted by Gasteiger charge is -2.03. The second-order valence-corrected chi connectivity index (χ2v) is 3.22. The zero-order valence-electron chi connectivity index (χ0n) is 8.77. The quantitative estimate of drug-likeness (QED) is 0.569. The Hall–Kier alpha value is -1.40. The summed E-state index contributed by atoms with van der Waals surface area (Å²) in [6.07, 6.45) is 3.74. The molecule has 6 heteroatoms. The molecule has 1 heterocycles. The van der Waals surface area contributed by atoms with Crippen LogP contribution < -0.4 is 11.1 Å². The second kappa shape index (κ2) is 6.15. The summed E-state index contributed by atoms with van der Waals surface area (Å²) in [5, 5.41) is 7.20. The number of aryl methyl sites for hydroxylation is 1. The third kappa shape index (κ3) is 5.14. The number of nitrogens with two attached hydrogens (primary N) is 1. The van der Waals surface area contributed by atoms with Crippen LogP contribution in [0, 0.1) is 0 Å². The Labute approximate surface area is 88.4 Å². The van der Waals surface area contributed by atoms with E-state index in [0.717, 1.165) is 12.1 Å². The number of aromatic nitrogens is 2. The number of carbonyl (C=O) groups excluding carboxylic acids is 1. The zero-order valence-corrected chi connectivity index (χ0v) is 8.77. The number of rotatable bonds is 7. The minimum absolute atomic E-state index is 0.0193. The Morgan fingerprint density at radius 3 is 3.13 bits per heavy atom. The second-order valence-electron chi connectivity index (χ2n) is 3.22. The summed E-state index contributed by atoms with van der Waals surface area (Å²) in [5.74, 6) is -0.442. The number of hydrogen-bond acceptors (Lipinski definition) is 4. The van der Waals surface area contributed by atoms with Gasteiger partial charge in [0.2, 0.25) is 5.91 Å². The summed E-state index contributed by atoms with van der Waals surface area (Å²) in [5.41, 5.74) is 6.02. The molecule has 6 nitrogen and oxygen atoms in total. The molecular weight excluding hydrogens is 196 g/mol. The van der Waals surface area contributed by atoms with E-state index in [2.05, 4.69) is 10.4 Å². The summed E-state index contributed by atoms with van der Waals surface area (Å²) >= 11 is 0. The smallest absolute Gasteiger partial charge is 0.243 e. The third-order valence-electron chi connectivity index (χ3n) is 1.75. The van der Waals surface area contributed by atoms with Crippen molar-refractivity contribution < 1.29 is 9.53 Å². The van der Waals surface area contributed by atoms with Gasteiger partial charge in [0, 0.05) is 31.9 Å². The van der Waals surface area contributed by atoms with Gasteiger partial charge in [-0.1, -0.05) is 0 Å². The fourth-order valence-corrected chi connectivity index (χ4v) is 1.11. The number of ether oxygens (including phenoxy) is 1. The van der Waals surface area contributed by atoms with Gasteiger partial charge in [-0.2, -0.15) is 5.10 Å². The van der Waals surface area contributed by atoms with E-state index in [1.807, 2.05) is 13.2 Å². The Kier molecular flexibility index (Phi) is 4.79. The molecule has 0 aliphatic heterocycles. The first-order chi connectivity index (χ1) is 7.18. The number of nitrogens with zero attached hydrogens (tertiary/aromatic N) is 2. The van der Waals surface area contributed by atoms with Crippen molar-refractivity contribution in [1.29, 1.82) is 0 Å². The Morgan fingerprint density at radius 1 is 1.73 bits per heavy atom. The molecule has 0 fully saturated rings. The molecule has 0 spiro atoms. The molecule has 3 N–H and O–H groups in total. The van der Waals surface area contributed by atoms with Gasteiger partial charge in [-0.15, -0.1) is 0 Å². The Morgan fingerprint density at radius 2 is 2.53 bits per heavy atom. The van der Waals surface area contributed by atoms with Crippen LogP contribution in [0.15, 0.2) is 12.4 Å². The van der Waals surface area contributed by atoms with Gasteiger partial charge in [0.25, 0.3) is 0 Å². The fourth-order valence-electron chi connectivity index (χ4n) is 1.11. The standard InChI is InChI=1S/C9H16N4O2/c1-13-6-8(5-12-13)4-11-2-3-15-7-9(10)14/h5-6,11H,2-4,7H2,1H3,(H2,10,14). The largest absolute Gasteiger partial charge is 0.370 e. The predicted molar refractivity (Wildman–Crippen MR) is 54.9 cm³/mol. The van der Waals surface area contributed by atoms with Gasteiger partial charge in [-0.25, -0.2) is 0 Å². The highest BCUT2D eigenvalue weighted by Crippen LogP contribution is 1.94. The molecule has 0 aliphatic rings. The topological polar surface area (TPSA) is 82.2 Å². The first-order valence-electron chi connectivity index (χ1n) is 4.73. The number of hydrogen-bond donors (Lipinski definition) is 2. The maximum absolute atomic E-state index is 10.3.